The second-order valence-corrected chi connectivity index (χ2v) is 6.49. The van der Waals surface area contributed by atoms with Gasteiger partial charge in [-0.3, -0.25) is 0 Å². The molecule has 0 fully saturated rings. The first-order valence-corrected chi connectivity index (χ1v) is 7.91. The zero-order chi connectivity index (χ0) is 13.1. The van der Waals surface area contributed by atoms with Gasteiger partial charge in [-0.05, 0) is 43.5 Å². The number of rotatable bonds is 5. The third-order valence-corrected chi connectivity index (χ3v) is 3.98. The maximum absolute atomic E-state index is 11.2. The van der Waals surface area contributed by atoms with Gasteiger partial charge in [0.1, 0.15) is 5.75 Å². The minimum absolute atomic E-state index is 0.105. The van der Waals surface area contributed by atoms with E-state index in [1.54, 1.807) is 6.07 Å². The van der Waals surface area contributed by atoms with Crippen molar-refractivity contribution in [1.29, 1.82) is 0 Å². The van der Waals surface area contributed by atoms with Crippen LogP contribution in [0.5, 0.6) is 5.75 Å². The summed E-state index contributed by atoms with van der Waals surface area (Å²) in [6, 6.07) is 4.65. The van der Waals surface area contributed by atoms with Crippen LogP contribution >= 0.6 is 10.7 Å². The number of aryl methyl sites for hydroxylation is 1. The molecule has 3 nitrogen and oxygen atoms in total. The first kappa shape index (κ1) is 14.3. The molecule has 5 heteroatoms. The van der Waals surface area contributed by atoms with E-state index in [2.05, 4.69) is 13.8 Å². The molecule has 0 radical (unpaired) electrons. The first-order valence-electron chi connectivity index (χ1n) is 5.60. The van der Waals surface area contributed by atoms with E-state index in [-0.39, 0.29) is 11.0 Å². The van der Waals surface area contributed by atoms with Crippen LogP contribution in [0.2, 0.25) is 0 Å². The Morgan fingerprint density at radius 1 is 1.29 bits per heavy atom. The first-order chi connectivity index (χ1) is 7.88. The van der Waals surface area contributed by atoms with Crippen LogP contribution < -0.4 is 4.74 Å². The molecule has 0 amide bonds. The normalized spacial score (nSPS) is 11.8. The molecule has 0 spiro atoms. The molecule has 1 aromatic rings. The lowest BCUT2D eigenvalue weighted by Gasteiger charge is -2.17. The van der Waals surface area contributed by atoms with Crippen LogP contribution in [-0.4, -0.2) is 14.5 Å². The van der Waals surface area contributed by atoms with Crippen LogP contribution in [-0.2, 0) is 9.05 Å². The fourth-order valence-electron chi connectivity index (χ4n) is 1.54. The molecule has 0 N–H and O–H groups in total. The highest BCUT2D eigenvalue weighted by molar-refractivity contribution is 8.13. The van der Waals surface area contributed by atoms with Crippen LogP contribution in [0.25, 0.3) is 0 Å². The van der Waals surface area contributed by atoms with Gasteiger partial charge in [0.2, 0.25) is 0 Å². The van der Waals surface area contributed by atoms with Crippen LogP contribution in [0.1, 0.15) is 32.3 Å². The summed E-state index contributed by atoms with van der Waals surface area (Å²) in [4.78, 5) is 0.105. The van der Waals surface area contributed by atoms with Crippen LogP contribution in [0.15, 0.2) is 23.1 Å². The highest BCUT2D eigenvalue weighted by atomic mass is 35.7. The molecule has 0 saturated heterocycles. The van der Waals surface area contributed by atoms with Crippen molar-refractivity contribution in [3.63, 3.8) is 0 Å². The topological polar surface area (TPSA) is 43.4 Å². The van der Waals surface area contributed by atoms with E-state index >= 15 is 0 Å². The Balaban J connectivity index is 2.98. The van der Waals surface area contributed by atoms with E-state index in [0.717, 1.165) is 18.4 Å². The van der Waals surface area contributed by atoms with E-state index in [1.165, 1.54) is 12.1 Å². The molecule has 0 atom stereocenters. The second kappa shape index (κ2) is 5.74. The van der Waals surface area contributed by atoms with Gasteiger partial charge in [-0.25, -0.2) is 8.42 Å². The average Bonchev–Trinajstić information content (AvgIpc) is 2.26. The molecule has 96 valence electrons. The molecule has 0 aliphatic heterocycles. The predicted octanol–water partition coefficient (Wildman–Crippen LogP) is 3.49. The number of halogens is 1. The van der Waals surface area contributed by atoms with E-state index in [4.69, 9.17) is 15.4 Å². The van der Waals surface area contributed by atoms with Crippen molar-refractivity contribution in [2.75, 3.05) is 0 Å². The largest absolute Gasteiger partial charge is 0.490 e. The number of benzene rings is 1. The Labute approximate surface area is 107 Å². The minimum atomic E-state index is -3.67. The van der Waals surface area contributed by atoms with Gasteiger partial charge in [0.05, 0.1) is 11.0 Å². The fourth-order valence-corrected chi connectivity index (χ4v) is 2.38. The monoisotopic (exact) mass is 276 g/mol. The summed E-state index contributed by atoms with van der Waals surface area (Å²) in [5.41, 5.74) is 0.777. The smallest absolute Gasteiger partial charge is 0.261 e. The zero-order valence-corrected chi connectivity index (χ0v) is 11.8. The lowest BCUT2D eigenvalue weighted by molar-refractivity contribution is 0.191. The third-order valence-electron chi connectivity index (χ3n) is 2.63. The van der Waals surface area contributed by atoms with Crippen molar-refractivity contribution >= 4 is 19.7 Å². The lowest BCUT2D eigenvalue weighted by Crippen LogP contribution is -2.14. The Morgan fingerprint density at radius 3 is 2.29 bits per heavy atom. The Kier molecular flexibility index (Phi) is 4.83. The molecule has 1 rings (SSSR count). The molecule has 1 aromatic carbocycles. The fraction of sp³-hybridized carbons (Fsp3) is 0.500. The molecule has 17 heavy (non-hydrogen) atoms. The lowest BCUT2D eigenvalue weighted by atomic mass is 10.2. The highest BCUT2D eigenvalue weighted by Crippen LogP contribution is 2.25. The standard InChI is InChI=1S/C12H17ClO3S/c1-4-10(5-2)16-12-7-6-11(8-9(12)3)17(13,14)15/h6-8,10H,4-5H2,1-3H3. The second-order valence-electron chi connectivity index (χ2n) is 3.92. The van der Waals surface area contributed by atoms with Crippen LogP contribution in [0.3, 0.4) is 0 Å². The van der Waals surface area contributed by atoms with E-state index in [9.17, 15) is 8.42 Å². The molecule has 0 bridgehead atoms. The van der Waals surface area contributed by atoms with Crippen molar-refractivity contribution in [1.82, 2.24) is 0 Å². The van der Waals surface area contributed by atoms with Gasteiger partial charge in [0.25, 0.3) is 9.05 Å². The van der Waals surface area contributed by atoms with Gasteiger partial charge in [0.15, 0.2) is 0 Å². The maximum Gasteiger partial charge on any atom is 0.261 e. The summed E-state index contributed by atoms with van der Waals surface area (Å²) in [7, 11) is 1.61. The Hall–Kier alpha value is -0.740. The van der Waals surface area contributed by atoms with Crippen molar-refractivity contribution in [3.05, 3.63) is 23.8 Å². The predicted molar refractivity (Wildman–Crippen MR) is 69.2 cm³/mol. The Bertz CT molecular complexity index is 479. The summed E-state index contributed by atoms with van der Waals surface area (Å²) in [5.74, 6) is 0.711. The molecule has 0 unspecified atom stereocenters. The average molecular weight is 277 g/mol. The molecule has 0 saturated carbocycles. The zero-order valence-electron chi connectivity index (χ0n) is 10.2. The Morgan fingerprint density at radius 2 is 1.88 bits per heavy atom. The van der Waals surface area contributed by atoms with Crippen molar-refractivity contribution in [2.45, 2.75) is 44.6 Å². The van der Waals surface area contributed by atoms with Crippen molar-refractivity contribution in [2.24, 2.45) is 0 Å². The van der Waals surface area contributed by atoms with Gasteiger partial charge in [0, 0.05) is 10.7 Å². The van der Waals surface area contributed by atoms with Gasteiger partial charge in [-0.2, -0.15) is 0 Å². The van der Waals surface area contributed by atoms with Gasteiger partial charge in [-0.1, -0.05) is 13.8 Å². The number of hydrogen-bond donors (Lipinski definition) is 0. The summed E-state index contributed by atoms with van der Waals surface area (Å²) < 4.78 is 28.1. The molecule has 0 aliphatic carbocycles. The van der Waals surface area contributed by atoms with Gasteiger partial charge < -0.3 is 4.74 Å². The maximum atomic E-state index is 11.2. The quantitative estimate of drug-likeness (QED) is 0.773. The molecule has 0 heterocycles. The molecular formula is C12H17ClO3S. The third kappa shape index (κ3) is 3.89. The molecular weight excluding hydrogens is 260 g/mol. The van der Waals surface area contributed by atoms with Gasteiger partial charge in [-0.15, -0.1) is 0 Å². The molecule has 0 aromatic heterocycles. The summed E-state index contributed by atoms with van der Waals surface area (Å²) in [6.45, 7) is 5.92. The van der Waals surface area contributed by atoms with Crippen molar-refractivity contribution in [3.8, 4) is 5.75 Å². The van der Waals surface area contributed by atoms with E-state index < -0.39 is 9.05 Å². The van der Waals surface area contributed by atoms with Gasteiger partial charge >= 0.3 is 0 Å². The number of hydrogen-bond acceptors (Lipinski definition) is 3. The molecule has 0 aliphatic rings. The van der Waals surface area contributed by atoms with Crippen LogP contribution in [0, 0.1) is 6.92 Å². The number of ether oxygens (including phenoxy) is 1. The SMILES string of the molecule is CCC(CC)Oc1ccc(S(=O)(=O)Cl)cc1C. The van der Waals surface area contributed by atoms with E-state index in [0.29, 0.717) is 5.75 Å². The minimum Gasteiger partial charge on any atom is -0.490 e. The summed E-state index contributed by atoms with van der Waals surface area (Å²) in [6.07, 6.45) is 2.00. The van der Waals surface area contributed by atoms with Crippen LogP contribution in [0.4, 0.5) is 0 Å². The van der Waals surface area contributed by atoms with Crippen molar-refractivity contribution < 1.29 is 13.2 Å². The van der Waals surface area contributed by atoms with E-state index in [1.807, 2.05) is 6.92 Å². The highest BCUT2D eigenvalue weighted by Gasteiger charge is 2.13. The summed E-state index contributed by atoms with van der Waals surface area (Å²) >= 11 is 0. The summed E-state index contributed by atoms with van der Waals surface area (Å²) in [5, 5.41) is 0.